The Labute approximate surface area is 205 Å². The van der Waals surface area contributed by atoms with Crippen LogP contribution in [0.4, 0.5) is 0 Å². The Hall–Kier alpha value is -3.48. The zero-order chi connectivity index (χ0) is 23.8. The highest BCUT2D eigenvalue weighted by Gasteiger charge is 2.51. The van der Waals surface area contributed by atoms with Gasteiger partial charge in [0.25, 0.3) is 5.91 Å². The van der Waals surface area contributed by atoms with Gasteiger partial charge in [0, 0.05) is 31.0 Å². The summed E-state index contributed by atoms with van der Waals surface area (Å²) >= 11 is 0. The molecule has 2 fully saturated rings. The van der Waals surface area contributed by atoms with E-state index in [1.807, 2.05) is 41.0 Å². The summed E-state index contributed by atoms with van der Waals surface area (Å²) in [6.45, 7) is 1.25. The fourth-order valence-electron chi connectivity index (χ4n) is 6.12. The molecule has 2 amide bonds. The van der Waals surface area contributed by atoms with Crippen molar-refractivity contribution in [3.05, 3.63) is 83.4 Å². The number of hydrogen-bond donors (Lipinski definition) is 1. The monoisotopic (exact) mass is 469 g/mol. The first-order valence-electron chi connectivity index (χ1n) is 12.8. The standard InChI is InChI=1S/C28H31N5O2/c34-25(18-20-8-3-1-4-9-20)32-17-16-28(21-10-5-2-6-11-21)15-14-24-30-31-26(33(24)19-23(28)32)27(35)29-22-12-7-13-22/h1-6,8-11,22-23H,7,12-19H2,(H,29,35)/t23-,28-/m1/s1. The van der Waals surface area contributed by atoms with Gasteiger partial charge in [0.1, 0.15) is 5.82 Å². The van der Waals surface area contributed by atoms with Gasteiger partial charge in [-0.1, -0.05) is 60.7 Å². The number of aryl methyl sites for hydroxylation is 1. The Morgan fingerprint density at radius 2 is 1.71 bits per heavy atom. The zero-order valence-electron chi connectivity index (χ0n) is 19.9. The van der Waals surface area contributed by atoms with E-state index in [-0.39, 0.29) is 29.3 Å². The van der Waals surface area contributed by atoms with Crippen LogP contribution in [0.3, 0.4) is 0 Å². The molecule has 1 aromatic heterocycles. The number of amides is 2. The number of nitrogens with zero attached hydrogens (tertiary/aromatic N) is 4. The minimum Gasteiger partial charge on any atom is -0.347 e. The van der Waals surface area contributed by atoms with E-state index in [0.29, 0.717) is 25.3 Å². The van der Waals surface area contributed by atoms with E-state index in [0.717, 1.165) is 49.9 Å². The van der Waals surface area contributed by atoms with Crippen molar-refractivity contribution in [3.8, 4) is 0 Å². The second-order valence-electron chi connectivity index (χ2n) is 10.2. The summed E-state index contributed by atoms with van der Waals surface area (Å²) in [5.74, 6) is 1.19. The predicted molar refractivity (Wildman–Crippen MR) is 132 cm³/mol. The molecule has 7 nitrogen and oxygen atoms in total. The van der Waals surface area contributed by atoms with Crippen molar-refractivity contribution < 1.29 is 9.59 Å². The summed E-state index contributed by atoms with van der Waals surface area (Å²) in [6.07, 6.45) is 6.09. The fourth-order valence-corrected chi connectivity index (χ4v) is 6.12. The van der Waals surface area contributed by atoms with Crippen LogP contribution in [0.2, 0.25) is 0 Å². The van der Waals surface area contributed by atoms with Crippen LogP contribution in [0.15, 0.2) is 60.7 Å². The molecule has 1 saturated heterocycles. The van der Waals surface area contributed by atoms with Crippen LogP contribution in [0, 0.1) is 0 Å². The summed E-state index contributed by atoms with van der Waals surface area (Å²) < 4.78 is 1.98. The topological polar surface area (TPSA) is 80.1 Å². The highest BCUT2D eigenvalue weighted by molar-refractivity contribution is 5.91. The molecule has 1 N–H and O–H groups in total. The second-order valence-corrected chi connectivity index (χ2v) is 10.2. The van der Waals surface area contributed by atoms with Crippen molar-refractivity contribution in [2.24, 2.45) is 0 Å². The Balaban J connectivity index is 1.35. The van der Waals surface area contributed by atoms with Crippen molar-refractivity contribution in [2.45, 2.75) is 69.0 Å². The Morgan fingerprint density at radius 3 is 2.43 bits per heavy atom. The smallest absolute Gasteiger partial charge is 0.289 e. The van der Waals surface area contributed by atoms with Crippen LogP contribution >= 0.6 is 0 Å². The quantitative estimate of drug-likeness (QED) is 0.622. The first-order chi connectivity index (χ1) is 17.1. The molecule has 0 unspecified atom stereocenters. The van der Waals surface area contributed by atoms with Crippen LogP contribution in [-0.4, -0.2) is 50.1 Å². The molecule has 0 radical (unpaired) electrons. The van der Waals surface area contributed by atoms with Crippen molar-refractivity contribution >= 4 is 11.8 Å². The maximum atomic E-state index is 13.6. The van der Waals surface area contributed by atoms with Crippen molar-refractivity contribution in [3.63, 3.8) is 0 Å². The van der Waals surface area contributed by atoms with Crippen molar-refractivity contribution in [2.75, 3.05) is 6.54 Å². The SMILES string of the molecule is O=C(NC1CCC1)c1nnc2n1C[C@H]1N(C(=O)Cc3ccccc3)CC[C@@]1(c1ccccc1)CC2. The van der Waals surface area contributed by atoms with E-state index < -0.39 is 0 Å². The maximum Gasteiger partial charge on any atom is 0.289 e. The van der Waals surface area contributed by atoms with E-state index in [1.165, 1.54) is 5.56 Å². The van der Waals surface area contributed by atoms with Gasteiger partial charge in [-0.05, 0) is 43.2 Å². The fraction of sp³-hybridized carbons (Fsp3) is 0.429. The lowest BCUT2D eigenvalue weighted by atomic mass is 9.71. The molecule has 180 valence electrons. The largest absolute Gasteiger partial charge is 0.347 e. The molecule has 2 aromatic carbocycles. The molecule has 0 bridgehead atoms. The van der Waals surface area contributed by atoms with Gasteiger partial charge in [-0.25, -0.2) is 0 Å². The Morgan fingerprint density at radius 1 is 0.971 bits per heavy atom. The van der Waals surface area contributed by atoms with Crippen molar-refractivity contribution in [1.29, 1.82) is 0 Å². The average Bonchev–Trinajstić information content (AvgIpc) is 3.40. The van der Waals surface area contributed by atoms with Crippen LogP contribution in [0.25, 0.3) is 0 Å². The number of carbonyl (C=O) groups excluding carboxylic acids is 2. The van der Waals surface area contributed by atoms with E-state index in [1.54, 1.807) is 0 Å². The van der Waals surface area contributed by atoms with E-state index in [9.17, 15) is 9.59 Å². The summed E-state index contributed by atoms with van der Waals surface area (Å²) in [4.78, 5) is 28.8. The number of aromatic nitrogens is 3. The van der Waals surface area contributed by atoms with Crippen LogP contribution < -0.4 is 5.32 Å². The second kappa shape index (κ2) is 8.95. The zero-order valence-corrected chi connectivity index (χ0v) is 19.9. The number of nitrogens with one attached hydrogen (secondary N) is 1. The molecule has 2 aliphatic heterocycles. The average molecular weight is 470 g/mol. The van der Waals surface area contributed by atoms with Gasteiger partial charge in [-0.3, -0.25) is 9.59 Å². The molecular weight excluding hydrogens is 438 g/mol. The number of rotatable bonds is 5. The minimum atomic E-state index is -0.171. The highest BCUT2D eigenvalue weighted by atomic mass is 16.2. The summed E-state index contributed by atoms with van der Waals surface area (Å²) in [5.41, 5.74) is 2.11. The van der Waals surface area contributed by atoms with Crippen LogP contribution in [-0.2, 0) is 29.6 Å². The van der Waals surface area contributed by atoms with Gasteiger partial charge in [0.05, 0.1) is 12.5 Å². The third-order valence-corrected chi connectivity index (χ3v) is 8.30. The van der Waals surface area contributed by atoms with Gasteiger partial charge in [-0.15, -0.1) is 10.2 Å². The number of hydrogen-bond acceptors (Lipinski definition) is 4. The molecule has 6 rings (SSSR count). The highest BCUT2D eigenvalue weighted by Crippen LogP contribution is 2.46. The summed E-state index contributed by atoms with van der Waals surface area (Å²) in [5, 5.41) is 11.8. The lowest BCUT2D eigenvalue weighted by Gasteiger charge is -2.37. The van der Waals surface area contributed by atoms with Gasteiger partial charge >= 0.3 is 0 Å². The molecule has 2 atom stereocenters. The Bertz CT molecular complexity index is 1220. The molecule has 7 heteroatoms. The van der Waals surface area contributed by atoms with Gasteiger partial charge < -0.3 is 14.8 Å². The maximum absolute atomic E-state index is 13.6. The van der Waals surface area contributed by atoms with Gasteiger partial charge in [0.15, 0.2) is 0 Å². The number of benzene rings is 2. The Kier molecular flexibility index (Phi) is 5.63. The van der Waals surface area contributed by atoms with E-state index >= 15 is 0 Å². The normalized spacial score (nSPS) is 23.7. The molecule has 1 aliphatic carbocycles. The molecule has 35 heavy (non-hydrogen) atoms. The van der Waals surface area contributed by atoms with Crippen LogP contribution in [0.5, 0.6) is 0 Å². The van der Waals surface area contributed by atoms with Gasteiger partial charge in [-0.2, -0.15) is 0 Å². The lowest BCUT2D eigenvalue weighted by Crippen LogP contribution is -2.48. The molecule has 3 aromatic rings. The summed E-state index contributed by atoms with van der Waals surface area (Å²) in [6, 6.07) is 20.7. The first kappa shape index (κ1) is 22.0. The molecule has 3 aliphatic rings. The van der Waals surface area contributed by atoms with Gasteiger partial charge in [0.2, 0.25) is 11.7 Å². The number of likely N-dealkylation sites (tertiary alicyclic amines) is 1. The molecule has 3 heterocycles. The number of carbonyl (C=O) groups is 2. The lowest BCUT2D eigenvalue weighted by molar-refractivity contribution is -0.132. The third kappa shape index (κ3) is 3.93. The predicted octanol–water partition coefficient (Wildman–Crippen LogP) is 3.29. The van der Waals surface area contributed by atoms with E-state index in [2.05, 4.69) is 44.7 Å². The van der Waals surface area contributed by atoms with Crippen molar-refractivity contribution in [1.82, 2.24) is 25.0 Å². The minimum absolute atomic E-state index is 0.0615. The molecule has 0 spiro atoms. The van der Waals surface area contributed by atoms with Crippen LogP contribution in [0.1, 0.15) is 59.7 Å². The third-order valence-electron chi connectivity index (χ3n) is 8.30. The molecule has 1 saturated carbocycles. The summed E-state index contributed by atoms with van der Waals surface area (Å²) in [7, 11) is 0. The van der Waals surface area contributed by atoms with E-state index in [4.69, 9.17) is 0 Å². The number of fused-ring (bicyclic) bond motifs is 2. The first-order valence-corrected chi connectivity index (χ1v) is 12.8. The molecular formula is C28H31N5O2.